The summed E-state index contributed by atoms with van der Waals surface area (Å²) in [4.78, 5) is 1.63. The number of aromatic nitrogens is 3. The standard InChI is InChI=1S/C14H13N3O/c18-10-9-11-5-7-12(8-6-11)17-15-13-3-1-2-4-14(13)16-17/h1-8,18H,9-10H2. The summed E-state index contributed by atoms with van der Waals surface area (Å²) >= 11 is 0. The molecular weight excluding hydrogens is 226 g/mol. The minimum Gasteiger partial charge on any atom is -0.396 e. The molecule has 3 aromatic rings. The van der Waals surface area contributed by atoms with E-state index in [9.17, 15) is 0 Å². The van der Waals surface area contributed by atoms with Gasteiger partial charge in [0, 0.05) is 6.61 Å². The first kappa shape index (κ1) is 10.9. The van der Waals surface area contributed by atoms with Gasteiger partial charge in [-0.25, -0.2) is 0 Å². The van der Waals surface area contributed by atoms with E-state index in [1.54, 1.807) is 4.80 Å². The molecule has 4 heteroatoms. The lowest BCUT2D eigenvalue weighted by molar-refractivity contribution is 0.299. The molecule has 0 spiro atoms. The molecule has 0 saturated heterocycles. The number of hydrogen-bond acceptors (Lipinski definition) is 3. The third kappa shape index (κ3) is 1.98. The average Bonchev–Trinajstić information content (AvgIpc) is 2.84. The molecule has 1 aromatic heterocycles. The largest absolute Gasteiger partial charge is 0.396 e. The molecular formula is C14H13N3O. The van der Waals surface area contributed by atoms with Crippen LogP contribution in [0.15, 0.2) is 48.5 Å². The Balaban J connectivity index is 1.98. The van der Waals surface area contributed by atoms with Crippen molar-refractivity contribution >= 4 is 11.0 Å². The van der Waals surface area contributed by atoms with Gasteiger partial charge in [-0.15, -0.1) is 10.2 Å². The predicted molar refractivity (Wildman–Crippen MR) is 69.7 cm³/mol. The highest BCUT2D eigenvalue weighted by molar-refractivity contribution is 5.73. The molecule has 0 amide bonds. The molecule has 0 radical (unpaired) electrons. The molecule has 0 atom stereocenters. The van der Waals surface area contributed by atoms with Crippen molar-refractivity contribution in [2.45, 2.75) is 6.42 Å². The molecule has 90 valence electrons. The van der Waals surface area contributed by atoms with Crippen LogP contribution in [0.3, 0.4) is 0 Å². The molecule has 18 heavy (non-hydrogen) atoms. The van der Waals surface area contributed by atoms with Crippen LogP contribution in [-0.2, 0) is 6.42 Å². The highest BCUT2D eigenvalue weighted by Crippen LogP contribution is 2.12. The second-order valence-electron chi connectivity index (χ2n) is 4.12. The van der Waals surface area contributed by atoms with E-state index in [4.69, 9.17) is 5.11 Å². The molecule has 0 fully saturated rings. The van der Waals surface area contributed by atoms with Crippen molar-refractivity contribution in [3.8, 4) is 5.69 Å². The van der Waals surface area contributed by atoms with Crippen molar-refractivity contribution < 1.29 is 5.11 Å². The van der Waals surface area contributed by atoms with Crippen LogP contribution in [0.5, 0.6) is 0 Å². The summed E-state index contributed by atoms with van der Waals surface area (Å²) in [7, 11) is 0. The van der Waals surface area contributed by atoms with Gasteiger partial charge in [0.05, 0.1) is 5.69 Å². The molecule has 1 N–H and O–H groups in total. The highest BCUT2D eigenvalue weighted by atomic mass is 16.2. The van der Waals surface area contributed by atoms with E-state index >= 15 is 0 Å². The number of hydrogen-bond donors (Lipinski definition) is 1. The molecule has 3 rings (SSSR count). The van der Waals surface area contributed by atoms with E-state index in [0.29, 0.717) is 6.42 Å². The normalized spacial score (nSPS) is 10.9. The first-order chi connectivity index (χ1) is 8.86. The molecule has 0 unspecified atom stereocenters. The molecule has 0 bridgehead atoms. The Morgan fingerprint density at radius 3 is 2.06 bits per heavy atom. The van der Waals surface area contributed by atoms with Crippen LogP contribution in [0.2, 0.25) is 0 Å². The van der Waals surface area contributed by atoms with Gasteiger partial charge in [0.15, 0.2) is 0 Å². The third-order valence-corrected chi connectivity index (χ3v) is 2.85. The Labute approximate surface area is 104 Å². The van der Waals surface area contributed by atoms with Crippen molar-refractivity contribution in [3.63, 3.8) is 0 Å². The fraction of sp³-hybridized carbons (Fsp3) is 0.143. The quantitative estimate of drug-likeness (QED) is 0.760. The van der Waals surface area contributed by atoms with E-state index in [2.05, 4.69) is 10.2 Å². The van der Waals surface area contributed by atoms with Gasteiger partial charge >= 0.3 is 0 Å². The van der Waals surface area contributed by atoms with Crippen molar-refractivity contribution in [3.05, 3.63) is 54.1 Å². The summed E-state index contributed by atoms with van der Waals surface area (Å²) in [5.41, 5.74) is 3.81. The van der Waals surface area contributed by atoms with Crippen molar-refractivity contribution in [1.82, 2.24) is 15.0 Å². The van der Waals surface area contributed by atoms with Gasteiger partial charge in [0.2, 0.25) is 0 Å². The maximum absolute atomic E-state index is 8.87. The van der Waals surface area contributed by atoms with E-state index < -0.39 is 0 Å². The van der Waals surface area contributed by atoms with Crippen LogP contribution in [0.4, 0.5) is 0 Å². The van der Waals surface area contributed by atoms with E-state index in [1.807, 2.05) is 48.5 Å². The molecule has 1 heterocycles. The Kier molecular flexibility index (Phi) is 2.78. The molecule has 2 aromatic carbocycles. The first-order valence-corrected chi connectivity index (χ1v) is 5.89. The summed E-state index contributed by atoms with van der Waals surface area (Å²) in [5, 5.41) is 17.7. The van der Waals surface area contributed by atoms with Gasteiger partial charge in [-0.2, -0.15) is 4.80 Å². The summed E-state index contributed by atoms with van der Waals surface area (Å²) in [6.07, 6.45) is 0.675. The topological polar surface area (TPSA) is 50.9 Å². The van der Waals surface area contributed by atoms with Gasteiger partial charge in [0.25, 0.3) is 0 Å². The molecule has 0 aliphatic rings. The lowest BCUT2D eigenvalue weighted by atomic mass is 10.1. The van der Waals surface area contributed by atoms with Gasteiger partial charge in [-0.1, -0.05) is 24.3 Å². The van der Waals surface area contributed by atoms with Crippen LogP contribution >= 0.6 is 0 Å². The summed E-state index contributed by atoms with van der Waals surface area (Å²) < 4.78 is 0. The highest BCUT2D eigenvalue weighted by Gasteiger charge is 2.03. The Bertz CT molecular complexity index is 625. The molecule has 0 aliphatic heterocycles. The zero-order chi connectivity index (χ0) is 12.4. The predicted octanol–water partition coefficient (Wildman–Crippen LogP) is 1.96. The lowest BCUT2D eigenvalue weighted by Crippen LogP contribution is -1.99. The lowest BCUT2D eigenvalue weighted by Gasteiger charge is -2.01. The smallest absolute Gasteiger partial charge is 0.113 e. The van der Waals surface area contributed by atoms with Gasteiger partial charge < -0.3 is 5.11 Å². The zero-order valence-corrected chi connectivity index (χ0v) is 9.82. The number of rotatable bonds is 3. The first-order valence-electron chi connectivity index (χ1n) is 5.89. The van der Waals surface area contributed by atoms with Crippen LogP contribution < -0.4 is 0 Å². The Morgan fingerprint density at radius 2 is 1.50 bits per heavy atom. The number of aliphatic hydroxyl groups excluding tert-OH is 1. The third-order valence-electron chi connectivity index (χ3n) is 2.85. The van der Waals surface area contributed by atoms with Crippen molar-refractivity contribution in [2.75, 3.05) is 6.61 Å². The number of benzene rings is 2. The van der Waals surface area contributed by atoms with Crippen LogP contribution in [0.1, 0.15) is 5.56 Å². The van der Waals surface area contributed by atoms with Gasteiger partial charge in [-0.05, 0) is 36.2 Å². The van der Waals surface area contributed by atoms with E-state index in [1.165, 1.54) is 0 Å². The average molecular weight is 239 g/mol. The van der Waals surface area contributed by atoms with Gasteiger partial charge in [-0.3, -0.25) is 0 Å². The fourth-order valence-corrected chi connectivity index (χ4v) is 1.90. The van der Waals surface area contributed by atoms with Crippen LogP contribution in [0, 0.1) is 0 Å². The van der Waals surface area contributed by atoms with E-state index in [0.717, 1.165) is 22.3 Å². The molecule has 0 saturated carbocycles. The number of nitrogens with zero attached hydrogens (tertiary/aromatic N) is 3. The Hall–Kier alpha value is -2.20. The van der Waals surface area contributed by atoms with Crippen molar-refractivity contribution in [2.24, 2.45) is 0 Å². The second-order valence-corrected chi connectivity index (χ2v) is 4.12. The summed E-state index contributed by atoms with van der Waals surface area (Å²) in [5.74, 6) is 0. The zero-order valence-electron chi connectivity index (χ0n) is 9.82. The fourth-order valence-electron chi connectivity index (χ4n) is 1.90. The minimum absolute atomic E-state index is 0.170. The number of aliphatic hydroxyl groups is 1. The maximum atomic E-state index is 8.87. The van der Waals surface area contributed by atoms with Gasteiger partial charge in [0.1, 0.15) is 11.0 Å². The monoisotopic (exact) mass is 239 g/mol. The SMILES string of the molecule is OCCc1ccc(-n2nc3ccccc3n2)cc1. The van der Waals surface area contributed by atoms with Crippen LogP contribution in [0.25, 0.3) is 16.7 Å². The Morgan fingerprint density at radius 1 is 0.889 bits per heavy atom. The molecule has 0 aliphatic carbocycles. The number of fused-ring (bicyclic) bond motifs is 1. The summed E-state index contributed by atoms with van der Waals surface area (Å²) in [6, 6.07) is 15.7. The molecule has 4 nitrogen and oxygen atoms in total. The summed E-state index contributed by atoms with van der Waals surface area (Å²) in [6.45, 7) is 0.170. The maximum Gasteiger partial charge on any atom is 0.113 e. The second kappa shape index (κ2) is 4.58. The van der Waals surface area contributed by atoms with E-state index in [-0.39, 0.29) is 6.61 Å². The van der Waals surface area contributed by atoms with Crippen LogP contribution in [-0.4, -0.2) is 26.7 Å². The van der Waals surface area contributed by atoms with Crippen molar-refractivity contribution in [1.29, 1.82) is 0 Å². The minimum atomic E-state index is 0.170.